The van der Waals surface area contributed by atoms with Crippen molar-refractivity contribution in [3.63, 3.8) is 0 Å². The Kier molecular flexibility index (Phi) is 7.73. The normalized spacial score (nSPS) is 18.4. The van der Waals surface area contributed by atoms with Crippen molar-refractivity contribution in [1.82, 2.24) is 0 Å². The third kappa shape index (κ3) is 5.69. The fraction of sp³-hybridized carbons (Fsp3) is 0.917. The molecule has 0 heterocycles. The molecule has 0 fully saturated rings. The highest BCUT2D eigenvalue weighted by Gasteiger charge is 2.36. The first kappa shape index (κ1) is 16.7. The molecule has 102 valence electrons. The van der Waals surface area contributed by atoms with Gasteiger partial charge in [-0.2, -0.15) is 0 Å². The van der Waals surface area contributed by atoms with Crippen LogP contribution in [0.2, 0.25) is 0 Å². The van der Waals surface area contributed by atoms with E-state index in [0.29, 0.717) is 13.0 Å². The molecule has 1 N–H and O–H groups in total. The molecule has 0 aliphatic carbocycles. The van der Waals surface area contributed by atoms with Gasteiger partial charge >= 0.3 is 5.97 Å². The lowest BCUT2D eigenvalue weighted by molar-refractivity contribution is -0.141. The van der Waals surface area contributed by atoms with Crippen LogP contribution in [0.5, 0.6) is 0 Å². The Balaban J connectivity index is 4.65. The van der Waals surface area contributed by atoms with Gasteiger partial charge in [-0.1, -0.05) is 33.6 Å². The van der Waals surface area contributed by atoms with Crippen LogP contribution in [0.1, 0.15) is 46.5 Å². The summed E-state index contributed by atoms with van der Waals surface area (Å²) in [6.45, 7) is 7.64. The van der Waals surface area contributed by atoms with Gasteiger partial charge in [0.15, 0.2) is 0 Å². The molecule has 0 aromatic carbocycles. The van der Waals surface area contributed by atoms with E-state index in [-0.39, 0.29) is 5.66 Å². The Bertz CT molecular complexity index is 278. The molecule has 0 spiro atoms. The van der Waals surface area contributed by atoms with Crippen LogP contribution in [0.15, 0.2) is 0 Å². The highest BCUT2D eigenvalue weighted by Crippen LogP contribution is 2.53. The van der Waals surface area contributed by atoms with Gasteiger partial charge in [-0.15, -0.1) is 0 Å². The number of hydrogen-bond donors (Lipinski definition) is 1. The summed E-state index contributed by atoms with van der Waals surface area (Å²) < 4.78 is 17.9. The average molecular weight is 264 g/mol. The maximum atomic E-state index is 12.4. The van der Waals surface area contributed by atoms with Gasteiger partial charge in [0.25, 0.3) is 0 Å². The van der Waals surface area contributed by atoms with Crippen LogP contribution >= 0.6 is 7.37 Å². The fourth-order valence-electron chi connectivity index (χ4n) is 1.84. The molecule has 4 nitrogen and oxygen atoms in total. The van der Waals surface area contributed by atoms with Gasteiger partial charge < -0.3 is 9.63 Å². The third-order valence-corrected chi connectivity index (χ3v) is 5.60. The van der Waals surface area contributed by atoms with Crippen molar-refractivity contribution in [3.05, 3.63) is 0 Å². The Hall–Kier alpha value is -0.340. The van der Waals surface area contributed by atoms with Crippen molar-refractivity contribution in [1.29, 1.82) is 0 Å². The van der Waals surface area contributed by atoms with E-state index < -0.39 is 19.3 Å². The quantitative estimate of drug-likeness (QED) is 0.510. The molecule has 0 aliphatic rings. The summed E-state index contributed by atoms with van der Waals surface area (Å²) in [5.74, 6) is -1.52. The second-order valence-electron chi connectivity index (χ2n) is 4.58. The van der Waals surface area contributed by atoms with Crippen LogP contribution in [0.25, 0.3) is 0 Å². The van der Waals surface area contributed by atoms with Gasteiger partial charge in [-0.3, -0.25) is 9.36 Å². The topological polar surface area (TPSA) is 63.6 Å². The number of hydrogen-bond acceptors (Lipinski definition) is 3. The molecule has 17 heavy (non-hydrogen) atoms. The number of rotatable bonds is 9. The van der Waals surface area contributed by atoms with E-state index in [1.165, 1.54) is 0 Å². The van der Waals surface area contributed by atoms with Crippen molar-refractivity contribution in [3.8, 4) is 0 Å². The van der Waals surface area contributed by atoms with Crippen molar-refractivity contribution >= 4 is 13.3 Å². The summed E-state index contributed by atoms with van der Waals surface area (Å²) in [7, 11) is -2.84. The zero-order valence-corrected chi connectivity index (χ0v) is 12.2. The van der Waals surface area contributed by atoms with E-state index in [0.717, 1.165) is 19.3 Å². The van der Waals surface area contributed by atoms with Crippen LogP contribution < -0.4 is 0 Å². The number of aliphatic carboxylic acids is 1. The monoisotopic (exact) mass is 264 g/mol. The van der Waals surface area contributed by atoms with E-state index in [2.05, 4.69) is 0 Å². The van der Waals surface area contributed by atoms with E-state index in [1.54, 1.807) is 13.6 Å². The van der Waals surface area contributed by atoms with Crippen LogP contribution in [0.3, 0.4) is 0 Å². The molecule has 5 heteroatoms. The molecular formula is C12H25O4P. The lowest BCUT2D eigenvalue weighted by atomic mass is 10.0. The Labute approximate surface area is 104 Å². The smallest absolute Gasteiger partial charge is 0.307 e. The predicted molar refractivity (Wildman–Crippen MR) is 69.9 cm³/mol. The number of carboxylic acids is 1. The standard InChI is InChI=1S/C12H25O4P/c1-5-7-9-16-17(4,15)11(8-6-2)10(3)12(13)14/h10-11H,5-9H2,1-4H3,(H,13,14). The summed E-state index contributed by atoms with van der Waals surface area (Å²) in [6.07, 6.45) is 3.29. The highest BCUT2D eigenvalue weighted by atomic mass is 31.2. The molecule has 0 aromatic heterocycles. The summed E-state index contributed by atoms with van der Waals surface area (Å²) in [5, 5.41) is 9.04. The van der Waals surface area contributed by atoms with Gasteiger partial charge in [0.1, 0.15) is 0 Å². The molecule has 0 saturated heterocycles. The van der Waals surface area contributed by atoms with E-state index in [4.69, 9.17) is 9.63 Å². The molecular weight excluding hydrogens is 239 g/mol. The first-order chi connectivity index (χ1) is 7.86. The predicted octanol–water partition coefficient (Wildman–Crippen LogP) is 3.60. The minimum absolute atomic E-state index is 0.373. The van der Waals surface area contributed by atoms with Gasteiger partial charge in [0.2, 0.25) is 7.37 Å². The van der Waals surface area contributed by atoms with E-state index in [1.807, 2.05) is 13.8 Å². The first-order valence-electron chi connectivity index (χ1n) is 6.31. The molecule has 3 atom stereocenters. The van der Waals surface area contributed by atoms with Crippen LogP contribution in [0, 0.1) is 5.92 Å². The molecule has 0 rings (SSSR count). The zero-order valence-electron chi connectivity index (χ0n) is 11.3. The number of unbranched alkanes of at least 4 members (excludes halogenated alkanes) is 1. The molecule has 0 aliphatic heterocycles. The highest BCUT2D eigenvalue weighted by molar-refractivity contribution is 7.59. The molecule has 0 amide bonds. The Morgan fingerprint density at radius 3 is 2.35 bits per heavy atom. The Morgan fingerprint density at radius 1 is 1.35 bits per heavy atom. The minimum Gasteiger partial charge on any atom is -0.481 e. The fourth-order valence-corrected chi connectivity index (χ4v) is 4.19. The molecule has 0 radical (unpaired) electrons. The lowest BCUT2D eigenvalue weighted by Crippen LogP contribution is -2.26. The van der Waals surface area contributed by atoms with Crippen molar-refractivity contribution < 1.29 is 19.0 Å². The largest absolute Gasteiger partial charge is 0.481 e. The van der Waals surface area contributed by atoms with Gasteiger partial charge in [0.05, 0.1) is 12.5 Å². The lowest BCUT2D eigenvalue weighted by Gasteiger charge is -2.27. The molecule has 0 bridgehead atoms. The van der Waals surface area contributed by atoms with Gasteiger partial charge in [0, 0.05) is 12.3 Å². The van der Waals surface area contributed by atoms with E-state index >= 15 is 0 Å². The molecule has 0 saturated carbocycles. The maximum absolute atomic E-state index is 12.4. The SMILES string of the molecule is CCCCOP(C)(=O)C(CCC)C(C)C(=O)O. The first-order valence-corrected chi connectivity index (χ1v) is 8.45. The van der Waals surface area contributed by atoms with Gasteiger partial charge in [-0.05, 0) is 12.8 Å². The van der Waals surface area contributed by atoms with Crippen molar-refractivity contribution in [2.75, 3.05) is 13.3 Å². The third-order valence-electron chi connectivity index (χ3n) is 3.00. The zero-order chi connectivity index (χ0) is 13.5. The summed E-state index contributed by atoms with van der Waals surface area (Å²) in [4.78, 5) is 11.0. The Morgan fingerprint density at radius 2 is 1.94 bits per heavy atom. The molecule has 3 unspecified atom stereocenters. The molecule has 0 aromatic rings. The second kappa shape index (κ2) is 7.88. The minimum atomic E-state index is -2.84. The van der Waals surface area contributed by atoms with E-state index in [9.17, 15) is 9.36 Å². The summed E-state index contributed by atoms with van der Waals surface area (Å²) >= 11 is 0. The second-order valence-corrected chi connectivity index (χ2v) is 7.32. The summed E-state index contributed by atoms with van der Waals surface area (Å²) in [6, 6.07) is 0. The van der Waals surface area contributed by atoms with Crippen molar-refractivity contribution in [2.24, 2.45) is 5.92 Å². The number of carboxylic acid groups (broad SMARTS) is 1. The van der Waals surface area contributed by atoms with Crippen LogP contribution in [-0.4, -0.2) is 30.0 Å². The average Bonchev–Trinajstić information content (AvgIpc) is 2.24. The van der Waals surface area contributed by atoms with Gasteiger partial charge in [-0.25, -0.2) is 0 Å². The van der Waals surface area contributed by atoms with Crippen LogP contribution in [0.4, 0.5) is 0 Å². The van der Waals surface area contributed by atoms with Crippen molar-refractivity contribution in [2.45, 2.75) is 52.1 Å². The number of carbonyl (C=O) groups is 1. The summed E-state index contributed by atoms with van der Waals surface area (Å²) in [5.41, 5.74) is -0.373. The van der Waals surface area contributed by atoms with Crippen LogP contribution in [-0.2, 0) is 13.9 Å². The maximum Gasteiger partial charge on any atom is 0.307 e.